The SMILES string of the molecule is CC(C)c1ccccc1OCC(=O)Nc1ccc(OCCc2ccccc2)cc1. The molecular formula is C25H27NO3. The first kappa shape index (κ1) is 20.5. The molecule has 4 nitrogen and oxygen atoms in total. The van der Waals surface area contributed by atoms with Crippen molar-refractivity contribution in [2.75, 3.05) is 18.5 Å². The number of carbonyl (C=O) groups is 1. The van der Waals surface area contributed by atoms with E-state index < -0.39 is 0 Å². The Morgan fingerprint density at radius 1 is 0.862 bits per heavy atom. The summed E-state index contributed by atoms with van der Waals surface area (Å²) < 4.78 is 11.5. The van der Waals surface area contributed by atoms with Gasteiger partial charge in [0.05, 0.1) is 6.61 Å². The van der Waals surface area contributed by atoms with Gasteiger partial charge in [-0.15, -0.1) is 0 Å². The highest BCUT2D eigenvalue weighted by atomic mass is 16.5. The van der Waals surface area contributed by atoms with E-state index in [1.165, 1.54) is 5.56 Å². The number of rotatable bonds is 9. The van der Waals surface area contributed by atoms with Crippen LogP contribution in [0.3, 0.4) is 0 Å². The van der Waals surface area contributed by atoms with Crippen molar-refractivity contribution >= 4 is 11.6 Å². The predicted octanol–water partition coefficient (Wildman–Crippen LogP) is 5.45. The van der Waals surface area contributed by atoms with Gasteiger partial charge in [0.2, 0.25) is 0 Å². The lowest BCUT2D eigenvalue weighted by atomic mass is 10.0. The van der Waals surface area contributed by atoms with Crippen LogP contribution in [0.2, 0.25) is 0 Å². The van der Waals surface area contributed by atoms with Crippen LogP contribution in [0.15, 0.2) is 78.9 Å². The zero-order chi connectivity index (χ0) is 20.5. The molecule has 0 radical (unpaired) electrons. The molecule has 0 saturated heterocycles. The number of benzene rings is 3. The van der Waals surface area contributed by atoms with Crippen LogP contribution in [0.25, 0.3) is 0 Å². The minimum absolute atomic E-state index is 0.0287. The fraction of sp³-hybridized carbons (Fsp3) is 0.240. The van der Waals surface area contributed by atoms with E-state index in [0.29, 0.717) is 18.2 Å². The summed E-state index contributed by atoms with van der Waals surface area (Å²) in [4.78, 5) is 12.2. The Balaban J connectivity index is 1.45. The van der Waals surface area contributed by atoms with Crippen molar-refractivity contribution < 1.29 is 14.3 Å². The van der Waals surface area contributed by atoms with Crippen LogP contribution in [0.1, 0.15) is 30.9 Å². The van der Waals surface area contributed by atoms with Crippen LogP contribution in [0, 0.1) is 0 Å². The molecule has 0 spiro atoms. The molecule has 0 fully saturated rings. The molecule has 3 rings (SSSR count). The summed E-state index contributed by atoms with van der Waals surface area (Å²) in [5.74, 6) is 1.67. The highest BCUT2D eigenvalue weighted by molar-refractivity contribution is 5.91. The number of hydrogen-bond acceptors (Lipinski definition) is 3. The maximum atomic E-state index is 12.2. The Labute approximate surface area is 172 Å². The molecule has 0 aliphatic heterocycles. The van der Waals surface area contributed by atoms with Gasteiger partial charge >= 0.3 is 0 Å². The highest BCUT2D eigenvalue weighted by Gasteiger charge is 2.09. The van der Waals surface area contributed by atoms with Gasteiger partial charge < -0.3 is 14.8 Å². The molecular weight excluding hydrogens is 362 g/mol. The standard InChI is InChI=1S/C25H27NO3/c1-19(2)23-10-6-7-11-24(23)29-18-25(27)26-21-12-14-22(15-13-21)28-17-16-20-8-4-3-5-9-20/h3-15,19H,16-18H2,1-2H3,(H,26,27). The fourth-order valence-electron chi connectivity index (χ4n) is 3.00. The lowest BCUT2D eigenvalue weighted by Gasteiger charge is -2.14. The van der Waals surface area contributed by atoms with Gasteiger partial charge in [-0.25, -0.2) is 0 Å². The molecule has 0 aliphatic rings. The first-order valence-electron chi connectivity index (χ1n) is 9.90. The predicted molar refractivity (Wildman–Crippen MR) is 117 cm³/mol. The van der Waals surface area contributed by atoms with Gasteiger partial charge in [-0.3, -0.25) is 4.79 Å². The Kier molecular flexibility index (Phi) is 7.28. The molecule has 0 atom stereocenters. The highest BCUT2D eigenvalue weighted by Crippen LogP contribution is 2.25. The molecule has 150 valence electrons. The third-order valence-corrected chi connectivity index (χ3v) is 4.54. The number of anilines is 1. The number of para-hydroxylation sites is 1. The summed E-state index contributed by atoms with van der Waals surface area (Å²) in [7, 11) is 0. The normalized spacial score (nSPS) is 10.6. The summed E-state index contributed by atoms with van der Waals surface area (Å²) in [6, 6.07) is 25.4. The van der Waals surface area contributed by atoms with E-state index >= 15 is 0 Å². The summed E-state index contributed by atoms with van der Waals surface area (Å²) in [5, 5.41) is 2.85. The van der Waals surface area contributed by atoms with Gasteiger partial charge in [0.15, 0.2) is 6.61 Å². The monoisotopic (exact) mass is 389 g/mol. The molecule has 3 aromatic rings. The van der Waals surface area contributed by atoms with E-state index in [1.54, 1.807) is 0 Å². The van der Waals surface area contributed by atoms with E-state index in [0.717, 1.165) is 23.5 Å². The van der Waals surface area contributed by atoms with Crippen LogP contribution >= 0.6 is 0 Å². The lowest BCUT2D eigenvalue weighted by Crippen LogP contribution is -2.20. The second kappa shape index (κ2) is 10.3. The molecule has 3 aromatic carbocycles. The number of hydrogen-bond donors (Lipinski definition) is 1. The maximum Gasteiger partial charge on any atom is 0.262 e. The van der Waals surface area contributed by atoms with Crippen molar-refractivity contribution in [1.82, 2.24) is 0 Å². The number of nitrogens with one attached hydrogen (secondary N) is 1. The Hall–Kier alpha value is -3.27. The van der Waals surface area contributed by atoms with Gasteiger partial charge in [-0.1, -0.05) is 62.4 Å². The topological polar surface area (TPSA) is 47.6 Å². The van der Waals surface area contributed by atoms with E-state index in [-0.39, 0.29) is 12.5 Å². The summed E-state index contributed by atoms with van der Waals surface area (Å²) in [5.41, 5.74) is 3.05. The van der Waals surface area contributed by atoms with Crippen LogP contribution in [-0.2, 0) is 11.2 Å². The third-order valence-electron chi connectivity index (χ3n) is 4.54. The van der Waals surface area contributed by atoms with Crippen molar-refractivity contribution in [3.63, 3.8) is 0 Å². The average molecular weight is 389 g/mol. The zero-order valence-electron chi connectivity index (χ0n) is 16.9. The first-order valence-corrected chi connectivity index (χ1v) is 9.90. The van der Waals surface area contributed by atoms with Crippen LogP contribution in [0.4, 0.5) is 5.69 Å². The number of carbonyl (C=O) groups excluding carboxylic acids is 1. The lowest BCUT2D eigenvalue weighted by molar-refractivity contribution is -0.118. The van der Waals surface area contributed by atoms with Crippen LogP contribution < -0.4 is 14.8 Å². The van der Waals surface area contributed by atoms with Gasteiger partial charge in [0, 0.05) is 12.1 Å². The molecule has 1 amide bonds. The maximum absolute atomic E-state index is 12.2. The minimum Gasteiger partial charge on any atom is -0.493 e. The van der Waals surface area contributed by atoms with Gasteiger partial charge in [0.25, 0.3) is 5.91 Å². The van der Waals surface area contributed by atoms with Gasteiger partial charge in [0.1, 0.15) is 11.5 Å². The second-order valence-electron chi connectivity index (χ2n) is 7.14. The van der Waals surface area contributed by atoms with E-state index in [2.05, 4.69) is 31.3 Å². The zero-order valence-corrected chi connectivity index (χ0v) is 16.9. The summed E-state index contributed by atoms with van der Waals surface area (Å²) in [6.45, 7) is 4.79. The van der Waals surface area contributed by atoms with Crippen molar-refractivity contribution in [3.05, 3.63) is 90.0 Å². The van der Waals surface area contributed by atoms with E-state index in [9.17, 15) is 4.79 Å². The number of ether oxygens (including phenoxy) is 2. The quantitative estimate of drug-likeness (QED) is 0.529. The Morgan fingerprint density at radius 2 is 1.55 bits per heavy atom. The van der Waals surface area contributed by atoms with E-state index in [1.807, 2.05) is 66.7 Å². The molecule has 0 aliphatic carbocycles. The largest absolute Gasteiger partial charge is 0.493 e. The van der Waals surface area contributed by atoms with Crippen molar-refractivity contribution in [2.45, 2.75) is 26.2 Å². The Bertz CT molecular complexity index is 905. The summed E-state index contributed by atoms with van der Waals surface area (Å²) >= 11 is 0. The fourth-order valence-corrected chi connectivity index (χ4v) is 3.00. The smallest absolute Gasteiger partial charge is 0.262 e. The van der Waals surface area contributed by atoms with Crippen LogP contribution in [0.5, 0.6) is 11.5 Å². The Morgan fingerprint density at radius 3 is 2.28 bits per heavy atom. The van der Waals surface area contributed by atoms with Gasteiger partial charge in [-0.05, 0) is 47.4 Å². The first-order chi connectivity index (χ1) is 14.1. The minimum atomic E-state index is -0.193. The van der Waals surface area contributed by atoms with E-state index in [4.69, 9.17) is 9.47 Å². The molecule has 29 heavy (non-hydrogen) atoms. The summed E-state index contributed by atoms with van der Waals surface area (Å²) in [6.07, 6.45) is 0.856. The molecule has 0 aromatic heterocycles. The van der Waals surface area contributed by atoms with Crippen molar-refractivity contribution in [3.8, 4) is 11.5 Å². The second-order valence-corrected chi connectivity index (χ2v) is 7.14. The van der Waals surface area contributed by atoms with Gasteiger partial charge in [-0.2, -0.15) is 0 Å². The molecule has 0 bridgehead atoms. The molecule has 4 heteroatoms. The molecule has 0 unspecified atom stereocenters. The number of amides is 1. The van der Waals surface area contributed by atoms with Crippen molar-refractivity contribution in [1.29, 1.82) is 0 Å². The molecule has 0 heterocycles. The van der Waals surface area contributed by atoms with Crippen LogP contribution in [-0.4, -0.2) is 19.1 Å². The molecule has 0 saturated carbocycles. The molecule has 1 N–H and O–H groups in total. The third kappa shape index (κ3) is 6.39. The average Bonchev–Trinajstić information content (AvgIpc) is 2.74. The van der Waals surface area contributed by atoms with Crippen molar-refractivity contribution in [2.24, 2.45) is 0 Å².